The summed E-state index contributed by atoms with van der Waals surface area (Å²) in [6, 6.07) is 15.6. The fourth-order valence-electron chi connectivity index (χ4n) is 2.81. The number of thioether (sulfide) groups is 1. The van der Waals surface area contributed by atoms with Gasteiger partial charge in [-0.2, -0.15) is 0 Å². The lowest BCUT2D eigenvalue weighted by molar-refractivity contribution is -0.114. The predicted molar refractivity (Wildman–Crippen MR) is 119 cm³/mol. The Morgan fingerprint density at radius 2 is 1.46 bits per heavy atom. The standard InChI is InChI=1S/C22H29N3O2S/c1-4-25(5-2)14-18-9-7-11-20(13-18)24-22(27)16-28-15-21(26)23-19-10-6-8-17(3)12-19/h6-13H,4-5,14-16H2,1-3H3,(H,23,26)(H,24,27). The molecule has 0 heterocycles. The average Bonchev–Trinajstić information content (AvgIpc) is 2.66. The van der Waals surface area contributed by atoms with E-state index in [9.17, 15) is 9.59 Å². The summed E-state index contributed by atoms with van der Waals surface area (Å²) in [5.41, 5.74) is 3.83. The Morgan fingerprint density at radius 1 is 0.893 bits per heavy atom. The molecule has 5 nitrogen and oxygen atoms in total. The summed E-state index contributed by atoms with van der Waals surface area (Å²) in [4.78, 5) is 26.5. The number of nitrogens with one attached hydrogen (secondary N) is 2. The van der Waals surface area contributed by atoms with E-state index in [-0.39, 0.29) is 23.3 Å². The number of aryl methyl sites for hydroxylation is 1. The Kier molecular flexibility index (Phi) is 9.04. The van der Waals surface area contributed by atoms with E-state index in [0.29, 0.717) is 0 Å². The molecule has 0 spiro atoms. The minimum atomic E-state index is -0.107. The minimum Gasteiger partial charge on any atom is -0.325 e. The summed E-state index contributed by atoms with van der Waals surface area (Å²) in [6.07, 6.45) is 0. The maximum absolute atomic E-state index is 12.2. The van der Waals surface area contributed by atoms with Gasteiger partial charge in [0.1, 0.15) is 0 Å². The van der Waals surface area contributed by atoms with Gasteiger partial charge in [-0.3, -0.25) is 14.5 Å². The van der Waals surface area contributed by atoms with Crippen LogP contribution in [0.4, 0.5) is 11.4 Å². The summed E-state index contributed by atoms with van der Waals surface area (Å²) >= 11 is 1.30. The summed E-state index contributed by atoms with van der Waals surface area (Å²) in [5, 5.41) is 5.76. The highest BCUT2D eigenvalue weighted by molar-refractivity contribution is 8.00. The van der Waals surface area contributed by atoms with Gasteiger partial charge in [0, 0.05) is 17.9 Å². The first kappa shape index (κ1) is 22.0. The van der Waals surface area contributed by atoms with Crippen LogP contribution in [0.2, 0.25) is 0 Å². The fraction of sp³-hybridized carbons (Fsp3) is 0.364. The van der Waals surface area contributed by atoms with Crippen molar-refractivity contribution in [2.24, 2.45) is 0 Å². The fourth-order valence-corrected chi connectivity index (χ4v) is 3.42. The highest BCUT2D eigenvalue weighted by atomic mass is 32.2. The third kappa shape index (κ3) is 7.74. The van der Waals surface area contributed by atoms with Crippen LogP contribution in [-0.4, -0.2) is 41.3 Å². The third-order valence-corrected chi connectivity index (χ3v) is 5.21. The van der Waals surface area contributed by atoms with Crippen LogP contribution in [0.3, 0.4) is 0 Å². The van der Waals surface area contributed by atoms with Crippen molar-refractivity contribution < 1.29 is 9.59 Å². The second-order valence-electron chi connectivity index (χ2n) is 6.62. The van der Waals surface area contributed by atoms with E-state index >= 15 is 0 Å². The lowest BCUT2D eigenvalue weighted by Gasteiger charge is -2.18. The maximum atomic E-state index is 12.2. The number of benzene rings is 2. The number of nitrogens with zero attached hydrogens (tertiary/aromatic N) is 1. The molecule has 6 heteroatoms. The summed E-state index contributed by atoms with van der Waals surface area (Å²) in [5.74, 6) is 0.267. The molecule has 0 radical (unpaired) electrons. The van der Waals surface area contributed by atoms with Crippen molar-refractivity contribution in [2.45, 2.75) is 27.3 Å². The largest absolute Gasteiger partial charge is 0.325 e. The van der Waals surface area contributed by atoms with Crippen molar-refractivity contribution in [3.63, 3.8) is 0 Å². The van der Waals surface area contributed by atoms with Crippen molar-refractivity contribution in [1.82, 2.24) is 4.90 Å². The van der Waals surface area contributed by atoms with E-state index in [2.05, 4.69) is 35.4 Å². The second kappa shape index (κ2) is 11.5. The van der Waals surface area contributed by atoms with Gasteiger partial charge in [-0.25, -0.2) is 0 Å². The monoisotopic (exact) mass is 399 g/mol. The number of rotatable bonds is 10. The molecule has 28 heavy (non-hydrogen) atoms. The molecule has 2 N–H and O–H groups in total. The smallest absolute Gasteiger partial charge is 0.234 e. The van der Waals surface area contributed by atoms with Crippen LogP contribution in [-0.2, 0) is 16.1 Å². The molecule has 0 atom stereocenters. The Hall–Kier alpha value is -2.31. The van der Waals surface area contributed by atoms with Crippen molar-refractivity contribution in [3.8, 4) is 0 Å². The Labute approximate surface area is 171 Å². The number of amides is 2. The van der Waals surface area contributed by atoms with E-state index in [4.69, 9.17) is 0 Å². The molecule has 0 saturated heterocycles. The molecule has 0 aliphatic carbocycles. The molecule has 2 amide bonds. The normalized spacial score (nSPS) is 10.7. The van der Waals surface area contributed by atoms with E-state index < -0.39 is 0 Å². The molecule has 0 bridgehead atoms. The highest BCUT2D eigenvalue weighted by Gasteiger charge is 2.08. The second-order valence-corrected chi connectivity index (χ2v) is 7.61. The zero-order chi connectivity index (χ0) is 20.4. The quantitative estimate of drug-likeness (QED) is 0.630. The van der Waals surface area contributed by atoms with Crippen molar-refractivity contribution in [1.29, 1.82) is 0 Å². The number of hydrogen-bond acceptors (Lipinski definition) is 4. The SMILES string of the molecule is CCN(CC)Cc1cccc(NC(=O)CSCC(=O)Nc2cccc(C)c2)c1. The first-order valence-corrected chi connectivity index (χ1v) is 10.7. The molecule has 0 aliphatic rings. The van der Waals surface area contributed by atoms with Crippen LogP contribution < -0.4 is 10.6 Å². The van der Waals surface area contributed by atoms with Gasteiger partial charge in [0.2, 0.25) is 11.8 Å². The Bertz CT molecular complexity index is 791. The molecule has 0 fully saturated rings. The van der Waals surface area contributed by atoms with Crippen molar-refractivity contribution in [2.75, 3.05) is 35.2 Å². The van der Waals surface area contributed by atoms with Crippen molar-refractivity contribution in [3.05, 3.63) is 59.7 Å². The van der Waals surface area contributed by atoms with Gasteiger partial charge in [0.25, 0.3) is 0 Å². The maximum Gasteiger partial charge on any atom is 0.234 e. The van der Waals surface area contributed by atoms with Gasteiger partial charge in [-0.1, -0.05) is 38.1 Å². The highest BCUT2D eigenvalue weighted by Crippen LogP contribution is 2.14. The van der Waals surface area contributed by atoms with Gasteiger partial charge >= 0.3 is 0 Å². The third-order valence-electron chi connectivity index (χ3n) is 4.28. The summed E-state index contributed by atoms with van der Waals surface area (Å²) in [7, 11) is 0. The first-order chi connectivity index (χ1) is 13.5. The molecule has 0 aromatic heterocycles. The van der Waals surface area contributed by atoms with Gasteiger partial charge in [-0.05, 0) is 55.4 Å². The molecular weight excluding hydrogens is 370 g/mol. The van der Waals surface area contributed by atoms with Gasteiger partial charge in [-0.15, -0.1) is 11.8 Å². The minimum absolute atomic E-state index is 0.103. The lowest BCUT2D eigenvalue weighted by atomic mass is 10.2. The van der Waals surface area contributed by atoms with E-state index in [1.807, 2.05) is 49.4 Å². The summed E-state index contributed by atoms with van der Waals surface area (Å²) in [6.45, 7) is 9.11. The first-order valence-electron chi connectivity index (χ1n) is 9.55. The molecule has 0 saturated carbocycles. The van der Waals surface area contributed by atoms with Crippen LogP contribution in [0.5, 0.6) is 0 Å². The van der Waals surface area contributed by atoms with Crippen LogP contribution in [0.15, 0.2) is 48.5 Å². The van der Waals surface area contributed by atoms with Gasteiger partial charge in [0.05, 0.1) is 11.5 Å². The van der Waals surface area contributed by atoms with Crippen LogP contribution in [0, 0.1) is 6.92 Å². The molecule has 0 unspecified atom stereocenters. The summed E-state index contributed by atoms with van der Waals surface area (Å²) < 4.78 is 0. The Balaban J connectivity index is 1.75. The van der Waals surface area contributed by atoms with Crippen LogP contribution >= 0.6 is 11.8 Å². The number of anilines is 2. The molecule has 2 rings (SSSR count). The molecule has 0 aliphatic heterocycles. The van der Waals surface area contributed by atoms with E-state index in [0.717, 1.165) is 36.6 Å². The van der Waals surface area contributed by atoms with Crippen LogP contribution in [0.25, 0.3) is 0 Å². The molecule has 2 aromatic carbocycles. The molecule has 2 aromatic rings. The Morgan fingerprint density at radius 3 is 2.04 bits per heavy atom. The topological polar surface area (TPSA) is 61.4 Å². The lowest BCUT2D eigenvalue weighted by Crippen LogP contribution is -2.22. The van der Waals surface area contributed by atoms with E-state index in [1.54, 1.807) is 0 Å². The van der Waals surface area contributed by atoms with Crippen LogP contribution in [0.1, 0.15) is 25.0 Å². The number of carbonyl (C=O) groups is 2. The zero-order valence-electron chi connectivity index (χ0n) is 16.8. The van der Waals surface area contributed by atoms with Gasteiger partial charge in [0.15, 0.2) is 0 Å². The predicted octanol–water partition coefficient (Wildman–Crippen LogP) is 4.15. The van der Waals surface area contributed by atoms with Gasteiger partial charge < -0.3 is 10.6 Å². The zero-order valence-corrected chi connectivity index (χ0v) is 17.6. The van der Waals surface area contributed by atoms with E-state index in [1.165, 1.54) is 17.3 Å². The van der Waals surface area contributed by atoms with Crippen molar-refractivity contribution >= 4 is 35.0 Å². The molecule has 150 valence electrons. The number of carbonyl (C=O) groups excluding carboxylic acids is 2. The number of hydrogen-bond donors (Lipinski definition) is 2. The average molecular weight is 400 g/mol. The molecular formula is C22H29N3O2S.